The summed E-state index contributed by atoms with van der Waals surface area (Å²) in [5, 5.41) is 12.8. The highest BCUT2D eigenvalue weighted by molar-refractivity contribution is 6.07. The zero-order chi connectivity index (χ0) is 40.6. The number of rotatable bonds is 7. The second kappa shape index (κ2) is 15.9. The minimum Gasteiger partial charge on any atom is -0.325 e. The van der Waals surface area contributed by atoms with Gasteiger partial charge in [-0.3, -0.25) is 39.1 Å². The number of anilines is 2. The van der Waals surface area contributed by atoms with Crippen molar-refractivity contribution in [2.75, 3.05) is 43.4 Å². The van der Waals surface area contributed by atoms with Crippen LogP contribution < -0.4 is 16.0 Å². The molecule has 3 aromatic carbocycles. The number of imide groups is 1. The smallest absolute Gasteiger partial charge is 0.255 e. The van der Waals surface area contributed by atoms with Gasteiger partial charge in [0.05, 0.1) is 12.7 Å². The van der Waals surface area contributed by atoms with Crippen LogP contribution in [0.2, 0.25) is 0 Å². The minimum absolute atomic E-state index is 0.164. The number of piperidine rings is 1. The van der Waals surface area contributed by atoms with Crippen molar-refractivity contribution in [3.8, 4) is 11.8 Å². The molecule has 2 unspecified atom stereocenters. The van der Waals surface area contributed by atoms with Gasteiger partial charge in [-0.1, -0.05) is 24.1 Å². The second-order valence-corrected chi connectivity index (χ2v) is 15.6. The maximum atomic E-state index is 13.5. The predicted octanol–water partition coefficient (Wildman–Crippen LogP) is 4.08. The lowest BCUT2D eigenvalue weighted by Crippen LogP contribution is -2.52. The summed E-state index contributed by atoms with van der Waals surface area (Å²) in [5.41, 5.74) is 8.65. The highest BCUT2D eigenvalue weighted by Crippen LogP contribution is 2.36. The summed E-state index contributed by atoms with van der Waals surface area (Å²) < 4.78 is 1.70. The monoisotopic (exact) mass is 789 g/mol. The molecule has 3 N–H and O–H groups in total. The fourth-order valence-electron chi connectivity index (χ4n) is 8.72. The van der Waals surface area contributed by atoms with E-state index in [1.54, 1.807) is 35.1 Å². The zero-order valence-electron chi connectivity index (χ0n) is 32.7. The first-order valence-corrected chi connectivity index (χ1v) is 20.1. The van der Waals surface area contributed by atoms with Gasteiger partial charge in [0.15, 0.2) is 5.65 Å². The van der Waals surface area contributed by atoms with Gasteiger partial charge in [-0.05, 0) is 104 Å². The first-order valence-electron chi connectivity index (χ1n) is 20.1. The van der Waals surface area contributed by atoms with Gasteiger partial charge in [-0.2, -0.15) is 5.10 Å². The zero-order valence-corrected chi connectivity index (χ0v) is 32.7. The van der Waals surface area contributed by atoms with Crippen LogP contribution >= 0.6 is 0 Å². The molecule has 0 saturated carbocycles. The number of benzene rings is 3. The summed E-state index contributed by atoms with van der Waals surface area (Å²) >= 11 is 0. The number of nitrogens with zero attached hydrogens (tertiary/aromatic N) is 6. The molecule has 1 aliphatic carbocycles. The number of nitrogens with one attached hydrogen (secondary N) is 3. The molecule has 298 valence electrons. The van der Waals surface area contributed by atoms with Crippen molar-refractivity contribution in [2.24, 2.45) is 0 Å². The van der Waals surface area contributed by atoms with Gasteiger partial charge in [0.1, 0.15) is 11.7 Å². The van der Waals surface area contributed by atoms with Gasteiger partial charge in [-0.25, -0.2) is 9.50 Å². The molecule has 14 heteroatoms. The molecule has 0 bridgehead atoms. The summed E-state index contributed by atoms with van der Waals surface area (Å²) in [6, 6.07) is 20.2. The number of aromatic nitrogens is 3. The lowest BCUT2D eigenvalue weighted by Gasteiger charge is -2.41. The number of amides is 5. The Bertz CT molecular complexity index is 2600. The molecule has 5 aromatic rings. The van der Waals surface area contributed by atoms with Crippen LogP contribution in [0.4, 0.5) is 11.4 Å². The van der Waals surface area contributed by atoms with E-state index in [1.165, 1.54) is 16.0 Å². The SMILES string of the molecule is Cc1ccc(NC(=O)c2ccc3c(c2)CCCC3N2CCN(CC(=O)Nc3cccc4c3CN(C3CCC(=O)NC3=O)C4=O)CC2)cc1C#Cc1cnc2cccnn12. The third-order valence-corrected chi connectivity index (χ3v) is 11.9. The Morgan fingerprint density at radius 2 is 1.76 bits per heavy atom. The van der Waals surface area contributed by atoms with Crippen molar-refractivity contribution >= 4 is 46.6 Å². The first kappa shape index (κ1) is 37.9. The molecule has 2 fully saturated rings. The van der Waals surface area contributed by atoms with Crippen LogP contribution in [-0.2, 0) is 27.3 Å². The number of piperazine rings is 1. The predicted molar refractivity (Wildman–Crippen MR) is 219 cm³/mol. The van der Waals surface area contributed by atoms with E-state index in [9.17, 15) is 24.0 Å². The molecule has 2 saturated heterocycles. The molecule has 9 rings (SSSR count). The molecule has 0 radical (unpaired) electrons. The van der Waals surface area contributed by atoms with Crippen LogP contribution in [0.25, 0.3) is 5.65 Å². The number of carbonyl (C=O) groups excluding carboxylic acids is 5. The van der Waals surface area contributed by atoms with E-state index in [1.807, 2.05) is 49.4 Å². The number of fused-ring (bicyclic) bond motifs is 3. The molecular weight excluding hydrogens is 747 g/mol. The summed E-state index contributed by atoms with van der Waals surface area (Å²) in [6.45, 7) is 5.47. The Morgan fingerprint density at radius 1 is 0.898 bits per heavy atom. The van der Waals surface area contributed by atoms with E-state index in [2.05, 4.69) is 53.7 Å². The van der Waals surface area contributed by atoms with E-state index in [4.69, 9.17) is 0 Å². The standard InChI is InChI=1S/C45H43N9O5/c1-28-10-13-32(24-29(28)11-14-33-25-46-40-9-4-18-47-54(33)40)48-43(57)31-12-15-34-30(23-31)5-2-8-38(34)52-21-19-51(20-22-52)27-42(56)49-37-7-3-6-35-36(37)26-53(45(35)59)39-16-17-41(55)50-44(39)58/h3-4,6-7,9-10,12-13,15,18,23-25,38-39H,2,5,8,16-17,19-22,26-27H2,1H3,(H,48,57)(H,49,56)(H,50,55,58). The average molecular weight is 790 g/mol. The quantitative estimate of drug-likeness (QED) is 0.163. The number of imidazole rings is 1. The van der Waals surface area contributed by atoms with E-state index in [0.717, 1.165) is 62.2 Å². The van der Waals surface area contributed by atoms with Gasteiger partial charge < -0.3 is 15.5 Å². The van der Waals surface area contributed by atoms with Gasteiger partial charge in [0.25, 0.3) is 11.8 Å². The Morgan fingerprint density at radius 3 is 2.61 bits per heavy atom. The fraction of sp³-hybridized carbons (Fsp3) is 0.311. The Balaban J connectivity index is 0.796. The fourth-order valence-corrected chi connectivity index (χ4v) is 8.72. The Labute approximate surface area is 341 Å². The van der Waals surface area contributed by atoms with E-state index in [-0.39, 0.29) is 55.6 Å². The van der Waals surface area contributed by atoms with Gasteiger partial charge in [-0.15, -0.1) is 0 Å². The second-order valence-electron chi connectivity index (χ2n) is 15.6. The molecule has 14 nitrogen and oxygen atoms in total. The third-order valence-electron chi connectivity index (χ3n) is 11.9. The van der Waals surface area contributed by atoms with Crippen molar-refractivity contribution in [2.45, 2.75) is 57.7 Å². The maximum Gasteiger partial charge on any atom is 0.255 e. The van der Waals surface area contributed by atoms with E-state index < -0.39 is 11.9 Å². The lowest BCUT2D eigenvalue weighted by molar-refractivity contribution is -0.137. The van der Waals surface area contributed by atoms with Crippen LogP contribution in [-0.4, -0.2) is 97.6 Å². The van der Waals surface area contributed by atoms with E-state index >= 15 is 0 Å². The van der Waals surface area contributed by atoms with Crippen molar-refractivity contribution in [1.29, 1.82) is 0 Å². The van der Waals surface area contributed by atoms with E-state index in [0.29, 0.717) is 33.8 Å². The largest absolute Gasteiger partial charge is 0.325 e. The van der Waals surface area contributed by atoms with Crippen molar-refractivity contribution in [3.63, 3.8) is 0 Å². The van der Waals surface area contributed by atoms with Crippen LogP contribution in [0.3, 0.4) is 0 Å². The highest BCUT2D eigenvalue weighted by Gasteiger charge is 2.40. The number of hydrogen-bond acceptors (Lipinski definition) is 9. The Hall–Kier alpha value is -6.69. The molecule has 5 amide bonds. The Kier molecular flexibility index (Phi) is 10.2. The molecular formula is C45H43N9O5. The van der Waals surface area contributed by atoms with Gasteiger partial charge in [0, 0.05) is 85.0 Å². The van der Waals surface area contributed by atoms with Crippen LogP contribution in [0.5, 0.6) is 0 Å². The number of aryl methyl sites for hydroxylation is 2. The lowest BCUT2D eigenvalue weighted by atomic mass is 9.85. The van der Waals surface area contributed by atoms with Gasteiger partial charge in [0.2, 0.25) is 17.7 Å². The summed E-state index contributed by atoms with van der Waals surface area (Å²) in [5.74, 6) is 4.98. The summed E-state index contributed by atoms with van der Waals surface area (Å²) in [6.07, 6.45) is 6.83. The molecule has 5 heterocycles. The van der Waals surface area contributed by atoms with Gasteiger partial charge >= 0.3 is 0 Å². The van der Waals surface area contributed by atoms with Crippen molar-refractivity contribution in [3.05, 3.63) is 124 Å². The minimum atomic E-state index is -0.718. The third kappa shape index (κ3) is 7.70. The first-order chi connectivity index (χ1) is 28.7. The van der Waals surface area contributed by atoms with Crippen LogP contribution in [0.1, 0.15) is 86.0 Å². The topological polar surface area (TPSA) is 161 Å². The molecule has 0 spiro atoms. The van der Waals surface area contributed by atoms with Crippen LogP contribution in [0.15, 0.2) is 79.1 Å². The number of carbonyl (C=O) groups is 5. The normalized spacial score (nSPS) is 19.4. The molecule has 4 aliphatic rings. The number of hydrogen-bond donors (Lipinski definition) is 3. The molecule has 3 aliphatic heterocycles. The average Bonchev–Trinajstić information content (AvgIpc) is 3.81. The molecule has 59 heavy (non-hydrogen) atoms. The van der Waals surface area contributed by atoms with Crippen LogP contribution in [0, 0.1) is 18.8 Å². The summed E-state index contributed by atoms with van der Waals surface area (Å²) in [7, 11) is 0. The maximum absolute atomic E-state index is 13.5. The van der Waals surface area contributed by atoms with Crippen molar-refractivity contribution < 1.29 is 24.0 Å². The van der Waals surface area contributed by atoms with Crippen molar-refractivity contribution in [1.82, 2.24) is 34.6 Å². The highest BCUT2D eigenvalue weighted by atomic mass is 16.2. The summed E-state index contributed by atoms with van der Waals surface area (Å²) in [4.78, 5) is 74.7. The molecule has 2 atom stereocenters. The molecule has 2 aromatic heterocycles.